The lowest BCUT2D eigenvalue weighted by atomic mass is 10.1. The number of ether oxygens (including phenoxy) is 1. The van der Waals surface area contributed by atoms with Crippen LogP contribution in [0.25, 0.3) is 0 Å². The fourth-order valence-electron chi connectivity index (χ4n) is 3.31. The molecule has 3 aromatic rings. The number of amides is 4. The number of carbonyl (C=O) groups is 3. The second-order valence-electron chi connectivity index (χ2n) is 7.21. The highest BCUT2D eigenvalue weighted by Gasteiger charge is 2.28. The fraction of sp³-hybridized carbons (Fsp3) is 0.125. The summed E-state index contributed by atoms with van der Waals surface area (Å²) in [5.74, 6) is -0.122. The second-order valence-corrected chi connectivity index (χ2v) is 8.12. The summed E-state index contributed by atoms with van der Waals surface area (Å²) < 4.78 is 6.86. The smallest absolute Gasteiger partial charge is 0.324 e. The van der Waals surface area contributed by atoms with Crippen LogP contribution in [0, 0.1) is 0 Å². The summed E-state index contributed by atoms with van der Waals surface area (Å²) in [5, 5.41) is 5.36. The number of hydrogen-bond acceptors (Lipinski definition) is 4. The summed E-state index contributed by atoms with van der Waals surface area (Å²) in [4.78, 5) is 37.7. The third-order valence-electron chi connectivity index (χ3n) is 4.88. The third-order valence-corrected chi connectivity index (χ3v) is 5.37. The van der Waals surface area contributed by atoms with Crippen LogP contribution in [0.15, 0.2) is 77.3 Å². The van der Waals surface area contributed by atoms with E-state index in [9.17, 15) is 14.4 Å². The Hall–Kier alpha value is -3.65. The number of halogens is 1. The van der Waals surface area contributed by atoms with Crippen LogP contribution in [0.3, 0.4) is 0 Å². The molecule has 0 radical (unpaired) electrons. The number of nitrogens with one attached hydrogen (secondary N) is 2. The molecule has 1 saturated heterocycles. The fourth-order valence-corrected chi connectivity index (χ4v) is 3.76. The molecule has 1 fully saturated rings. The predicted molar refractivity (Wildman–Crippen MR) is 123 cm³/mol. The molecule has 1 aliphatic heterocycles. The molecule has 3 aromatic carbocycles. The lowest BCUT2D eigenvalue weighted by Crippen LogP contribution is -2.30. The van der Waals surface area contributed by atoms with Crippen molar-refractivity contribution in [3.05, 3.63) is 94.0 Å². The van der Waals surface area contributed by atoms with Gasteiger partial charge >= 0.3 is 6.03 Å². The maximum atomic E-state index is 12.9. The Morgan fingerprint density at radius 3 is 2.56 bits per heavy atom. The van der Waals surface area contributed by atoms with Gasteiger partial charge in [0.25, 0.3) is 5.91 Å². The van der Waals surface area contributed by atoms with E-state index in [0.717, 1.165) is 20.5 Å². The molecule has 1 heterocycles. The second kappa shape index (κ2) is 9.65. The topological polar surface area (TPSA) is 87.7 Å². The summed E-state index contributed by atoms with van der Waals surface area (Å²) >= 11 is 3.44. The van der Waals surface area contributed by atoms with Crippen LogP contribution >= 0.6 is 15.9 Å². The Morgan fingerprint density at radius 2 is 1.78 bits per heavy atom. The van der Waals surface area contributed by atoms with E-state index >= 15 is 0 Å². The van der Waals surface area contributed by atoms with Crippen LogP contribution in [0.2, 0.25) is 0 Å². The van der Waals surface area contributed by atoms with Gasteiger partial charge in [0.05, 0.1) is 18.7 Å². The molecule has 0 saturated carbocycles. The summed E-state index contributed by atoms with van der Waals surface area (Å²) in [7, 11) is 0. The zero-order valence-corrected chi connectivity index (χ0v) is 18.6. The molecule has 162 valence electrons. The van der Waals surface area contributed by atoms with Gasteiger partial charge in [-0.25, -0.2) is 4.79 Å². The van der Waals surface area contributed by atoms with Crippen molar-refractivity contribution in [3.8, 4) is 5.75 Å². The van der Waals surface area contributed by atoms with Crippen LogP contribution in [-0.2, 0) is 17.9 Å². The van der Waals surface area contributed by atoms with Gasteiger partial charge in [0.2, 0.25) is 5.91 Å². The third kappa shape index (κ3) is 5.15. The van der Waals surface area contributed by atoms with Crippen LogP contribution in [-0.4, -0.2) is 29.3 Å². The van der Waals surface area contributed by atoms with Crippen LogP contribution in [0.1, 0.15) is 21.5 Å². The first kappa shape index (κ1) is 21.6. The molecule has 0 unspecified atom stereocenters. The lowest BCUT2D eigenvalue weighted by molar-refractivity contribution is -0.125. The SMILES string of the molecule is O=C(Nc1cccc(CN2C(=O)CNC2=O)c1)c1ccccc1OCc1cccc(Br)c1. The zero-order valence-electron chi connectivity index (χ0n) is 17.0. The Labute approximate surface area is 193 Å². The van der Waals surface area contributed by atoms with Crippen molar-refractivity contribution in [2.75, 3.05) is 11.9 Å². The van der Waals surface area contributed by atoms with E-state index in [1.54, 1.807) is 42.5 Å². The minimum Gasteiger partial charge on any atom is -0.488 e. The molecular formula is C24H20BrN3O4. The van der Waals surface area contributed by atoms with Crippen molar-refractivity contribution < 1.29 is 19.1 Å². The average Bonchev–Trinajstić information content (AvgIpc) is 3.10. The molecule has 1 aliphatic rings. The van der Waals surface area contributed by atoms with E-state index in [1.165, 1.54) is 0 Å². The average molecular weight is 494 g/mol. The molecule has 0 atom stereocenters. The van der Waals surface area contributed by atoms with Gasteiger partial charge in [-0.2, -0.15) is 0 Å². The number of hydrogen-bond donors (Lipinski definition) is 2. The molecular weight excluding hydrogens is 474 g/mol. The number of carbonyl (C=O) groups excluding carboxylic acids is 3. The molecule has 8 heteroatoms. The van der Waals surface area contributed by atoms with Crippen molar-refractivity contribution in [3.63, 3.8) is 0 Å². The molecule has 0 bridgehead atoms. The van der Waals surface area contributed by atoms with Crippen LogP contribution < -0.4 is 15.4 Å². The minimum atomic E-state index is -0.416. The number of nitrogens with zero attached hydrogens (tertiary/aromatic N) is 1. The summed E-state index contributed by atoms with van der Waals surface area (Å²) in [5.41, 5.74) is 2.67. The predicted octanol–water partition coefficient (Wildman–Crippen LogP) is 4.33. The maximum Gasteiger partial charge on any atom is 0.324 e. The van der Waals surface area contributed by atoms with Crippen molar-refractivity contribution in [2.45, 2.75) is 13.2 Å². The molecule has 0 aliphatic carbocycles. The first-order valence-electron chi connectivity index (χ1n) is 9.94. The standard InChI is InChI=1S/C24H20BrN3O4/c25-18-7-3-6-17(11-18)15-32-21-10-2-1-9-20(21)23(30)27-19-8-4-5-16(12-19)14-28-22(29)13-26-24(28)31/h1-12H,13-15H2,(H,26,31)(H,27,30). The largest absolute Gasteiger partial charge is 0.488 e. The molecule has 4 rings (SSSR count). The number of anilines is 1. The van der Waals surface area contributed by atoms with Gasteiger partial charge in [-0.1, -0.05) is 52.3 Å². The van der Waals surface area contributed by atoms with Gasteiger partial charge in [-0.15, -0.1) is 0 Å². The monoisotopic (exact) mass is 493 g/mol. The number of imide groups is 1. The number of urea groups is 1. The van der Waals surface area contributed by atoms with Crippen molar-refractivity contribution in [1.29, 1.82) is 0 Å². The molecule has 0 spiro atoms. The Morgan fingerprint density at radius 1 is 1.00 bits per heavy atom. The van der Waals surface area contributed by atoms with Crippen molar-refractivity contribution in [1.82, 2.24) is 10.2 Å². The summed E-state index contributed by atoms with van der Waals surface area (Å²) in [6.07, 6.45) is 0. The van der Waals surface area contributed by atoms with Gasteiger partial charge in [0.1, 0.15) is 12.4 Å². The molecule has 4 amide bonds. The zero-order chi connectivity index (χ0) is 22.5. The van der Waals surface area contributed by atoms with E-state index in [2.05, 4.69) is 26.6 Å². The molecule has 7 nitrogen and oxygen atoms in total. The van der Waals surface area contributed by atoms with Crippen LogP contribution in [0.5, 0.6) is 5.75 Å². The van der Waals surface area contributed by atoms with Gasteiger partial charge in [0.15, 0.2) is 0 Å². The van der Waals surface area contributed by atoms with E-state index in [4.69, 9.17) is 4.74 Å². The molecule has 2 N–H and O–H groups in total. The Kier molecular flexibility index (Phi) is 6.51. The first-order valence-corrected chi connectivity index (χ1v) is 10.7. The first-order chi connectivity index (χ1) is 15.5. The van der Waals surface area contributed by atoms with Gasteiger partial charge < -0.3 is 15.4 Å². The minimum absolute atomic E-state index is 0.00593. The van der Waals surface area contributed by atoms with Crippen LogP contribution in [0.4, 0.5) is 10.5 Å². The summed E-state index contributed by atoms with van der Waals surface area (Å²) in [6.45, 7) is 0.470. The molecule has 0 aromatic heterocycles. The van der Waals surface area contributed by atoms with E-state index in [-0.39, 0.29) is 24.9 Å². The lowest BCUT2D eigenvalue weighted by Gasteiger charge is -2.14. The Balaban J connectivity index is 1.45. The van der Waals surface area contributed by atoms with Crippen molar-refractivity contribution >= 4 is 39.5 Å². The Bertz CT molecular complexity index is 1170. The van der Waals surface area contributed by atoms with Crippen molar-refractivity contribution in [2.24, 2.45) is 0 Å². The normalized spacial score (nSPS) is 13.1. The van der Waals surface area contributed by atoms with Gasteiger partial charge in [-0.3, -0.25) is 14.5 Å². The molecule has 32 heavy (non-hydrogen) atoms. The number of rotatable bonds is 7. The van der Waals surface area contributed by atoms with Gasteiger partial charge in [0, 0.05) is 10.2 Å². The number of para-hydroxylation sites is 1. The number of benzene rings is 3. The van der Waals surface area contributed by atoms with E-state index in [1.807, 2.05) is 30.3 Å². The quantitative estimate of drug-likeness (QED) is 0.479. The van der Waals surface area contributed by atoms with E-state index < -0.39 is 6.03 Å². The highest BCUT2D eigenvalue weighted by atomic mass is 79.9. The highest BCUT2D eigenvalue weighted by Crippen LogP contribution is 2.22. The maximum absolute atomic E-state index is 12.9. The van der Waals surface area contributed by atoms with E-state index in [0.29, 0.717) is 23.6 Å². The highest BCUT2D eigenvalue weighted by molar-refractivity contribution is 9.10. The summed E-state index contributed by atoms with van der Waals surface area (Å²) in [6, 6.07) is 21.4. The van der Waals surface area contributed by atoms with Gasteiger partial charge in [-0.05, 0) is 47.5 Å².